The van der Waals surface area contributed by atoms with Crippen molar-refractivity contribution < 1.29 is 15.0 Å². The Morgan fingerprint density at radius 1 is 1.38 bits per heavy atom. The number of carbonyl (C=O) groups is 1. The second-order valence-corrected chi connectivity index (χ2v) is 2.66. The molecule has 1 amide bonds. The molecule has 0 fully saturated rings. The molecular formula is C8H16N2O3. The zero-order valence-corrected chi connectivity index (χ0v) is 7.73. The molecule has 4 N–H and O–H groups in total. The Labute approximate surface area is 77.5 Å². The molecule has 0 atom stereocenters. The molecule has 0 bridgehead atoms. The van der Waals surface area contributed by atoms with Crippen LogP contribution in [0.15, 0.2) is 11.8 Å². The molecule has 0 aliphatic rings. The molecule has 0 heterocycles. The predicted molar refractivity (Wildman–Crippen MR) is 48.7 cm³/mol. The fourth-order valence-electron chi connectivity index (χ4n) is 0.835. The minimum absolute atomic E-state index is 0.0253. The Morgan fingerprint density at radius 2 is 1.85 bits per heavy atom. The van der Waals surface area contributed by atoms with Crippen LogP contribution >= 0.6 is 0 Å². The maximum absolute atomic E-state index is 10.6. The van der Waals surface area contributed by atoms with Crippen molar-refractivity contribution in [1.82, 2.24) is 4.90 Å². The van der Waals surface area contributed by atoms with Gasteiger partial charge in [-0.1, -0.05) is 0 Å². The van der Waals surface area contributed by atoms with Gasteiger partial charge in [-0.15, -0.1) is 0 Å². The molecule has 0 aliphatic heterocycles. The molecular weight excluding hydrogens is 172 g/mol. The largest absolute Gasteiger partial charge is 0.395 e. The van der Waals surface area contributed by atoms with Crippen molar-refractivity contribution in [1.29, 1.82) is 0 Å². The molecule has 0 spiro atoms. The lowest BCUT2D eigenvalue weighted by Gasteiger charge is -2.18. The van der Waals surface area contributed by atoms with E-state index in [4.69, 9.17) is 15.9 Å². The Bertz CT molecular complexity index is 186. The van der Waals surface area contributed by atoms with Crippen molar-refractivity contribution in [3.63, 3.8) is 0 Å². The summed E-state index contributed by atoms with van der Waals surface area (Å²) in [6.07, 6.45) is 1.54. The van der Waals surface area contributed by atoms with Crippen molar-refractivity contribution in [3.05, 3.63) is 11.8 Å². The Morgan fingerprint density at radius 3 is 2.15 bits per heavy atom. The highest BCUT2D eigenvalue weighted by atomic mass is 16.3. The van der Waals surface area contributed by atoms with Gasteiger partial charge in [0.15, 0.2) is 0 Å². The third-order valence-electron chi connectivity index (χ3n) is 1.54. The number of hydrogen-bond donors (Lipinski definition) is 3. The molecule has 13 heavy (non-hydrogen) atoms. The summed E-state index contributed by atoms with van der Waals surface area (Å²) < 4.78 is 0. The molecule has 0 unspecified atom stereocenters. The molecule has 0 aliphatic carbocycles. The molecule has 0 aromatic rings. The first kappa shape index (κ1) is 11.9. The van der Waals surface area contributed by atoms with Crippen LogP contribution in [0.3, 0.4) is 0 Å². The summed E-state index contributed by atoms with van der Waals surface area (Å²) in [5.41, 5.74) is 5.42. The molecule has 76 valence electrons. The van der Waals surface area contributed by atoms with E-state index >= 15 is 0 Å². The minimum atomic E-state index is -0.499. The maximum atomic E-state index is 10.6. The van der Waals surface area contributed by atoms with Crippen molar-refractivity contribution in [2.45, 2.75) is 6.92 Å². The number of amides is 1. The predicted octanol–water partition coefficient (Wildman–Crippen LogP) is -1.34. The lowest BCUT2D eigenvalue weighted by atomic mass is 10.3. The average Bonchev–Trinajstić information content (AvgIpc) is 2.05. The van der Waals surface area contributed by atoms with Gasteiger partial charge in [0.05, 0.1) is 13.2 Å². The van der Waals surface area contributed by atoms with E-state index in [0.717, 1.165) is 0 Å². The van der Waals surface area contributed by atoms with Gasteiger partial charge in [0, 0.05) is 24.9 Å². The number of carbonyl (C=O) groups excluding carboxylic acids is 1. The van der Waals surface area contributed by atoms with Crippen molar-refractivity contribution in [2.75, 3.05) is 26.3 Å². The zero-order chi connectivity index (χ0) is 10.3. The number of primary amides is 1. The monoisotopic (exact) mass is 188 g/mol. The first-order valence-corrected chi connectivity index (χ1v) is 4.05. The van der Waals surface area contributed by atoms with Gasteiger partial charge in [0.1, 0.15) is 0 Å². The van der Waals surface area contributed by atoms with Crippen molar-refractivity contribution in [2.24, 2.45) is 5.73 Å². The average molecular weight is 188 g/mol. The van der Waals surface area contributed by atoms with Crippen LogP contribution in [0.1, 0.15) is 6.92 Å². The first-order valence-electron chi connectivity index (χ1n) is 4.05. The van der Waals surface area contributed by atoms with E-state index in [9.17, 15) is 4.79 Å². The highest BCUT2D eigenvalue weighted by molar-refractivity contribution is 5.91. The lowest BCUT2D eigenvalue weighted by molar-refractivity contribution is -0.114. The number of aliphatic hydroxyl groups excluding tert-OH is 2. The van der Waals surface area contributed by atoms with Crippen molar-refractivity contribution >= 4 is 5.91 Å². The van der Waals surface area contributed by atoms with E-state index in [1.807, 2.05) is 0 Å². The summed E-state index contributed by atoms with van der Waals surface area (Å²) in [5.74, 6) is -0.499. The SMILES string of the molecule is CC(=CN(CCO)CCO)C(N)=O. The van der Waals surface area contributed by atoms with E-state index in [0.29, 0.717) is 18.7 Å². The van der Waals surface area contributed by atoms with Gasteiger partial charge in [-0.2, -0.15) is 0 Å². The van der Waals surface area contributed by atoms with E-state index in [1.54, 1.807) is 11.8 Å². The third-order valence-corrected chi connectivity index (χ3v) is 1.54. The second kappa shape index (κ2) is 6.45. The number of hydrogen-bond acceptors (Lipinski definition) is 4. The highest BCUT2D eigenvalue weighted by Gasteiger charge is 2.02. The summed E-state index contributed by atoms with van der Waals surface area (Å²) in [4.78, 5) is 12.3. The highest BCUT2D eigenvalue weighted by Crippen LogP contribution is 1.96. The second-order valence-electron chi connectivity index (χ2n) is 2.66. The van der Waals surface area contributed by atoms with E-state index < -0.39 is 5.91 Å². The summed E-state index contributed by atoms with van der Waals surface area (Å²) in [6, 6.07) is 0. The fourth-order valence-corrected chi connectivity index (χ4v) is 0.835. The van der Waals surface area contributed by atoms with Gasteiger partial charge >= 0.3 is 0 Å². The molecule has 0 aromatic carbocycles. The van der Waals surface area contributed by atoms with E-state index in [2.05, 4.69) is 0 Å². The van der Waals surface area contributed by atoms with Crippen LogP contribution in [-0.2, 0) is 4.79 Å². The van der Waals surface area contributed by atoms with Gasteiger partial charge in [-0.05, 0) is 6.92 Å². The Hall–Kier alpha value is -1.07. The van der Waals surface area contributed by atoms with Crippen LogP contribution < -0.4 is 5.73 Å². The summed E-state index contributed by atoms with van der Waals surface area (Å²) in [5, 5.41) is 17.3. The quantitative estimate of drug-likeness (QED) is 0.450. The molecule has 0 aromatic heterocycles. The molecule has 5 heteroatoms. The van der Waals surface area contributed by atoms with E-state index in [1.165, 1.54) is 6.20 Å². The standard InChI is InChI=1S/C8H16N2O3/c1-7(8(9)13)6-10(2-4-11)3-5-12/h6,11-12H,2-5H2,1H3,(H2,9,13). The Kier molecular flexibility index (Phi) is 5.92. The Balaban J connectivity index is 4.20. The van der Waals surface area contributed by atoms with E-state index in [-0.39, 0.29) is 13.2 Å². The molecule has 0 saturated heterocycles. The van der Waals surface area contributed by atoms with Crippen LogP contribution in [-0.4, -0.2) is 47.3 Å². The van der Waals surface area contributed by atoms with Crippen LogP contribution in [0.2, 0.25) is 0 Å². The normalized spacial score (nSPS) is 11.5. The zero-order valence-electron chi connectivity index (χ0n) is 7.73. The molecule has 0 saturated carbocycles. The topological polar surface area (TPSA) is 86.8 Å². The van der Waals surface area contributed by atoms with Gasteiger partial charge in [-0.3, -0.25) is 4.79 Å². The van der Waals surface area contributed by atoms with Gasteiger partial charge < -0.3 is 20.8 Å². The number of nitrogens with zero attached hydrogens (tertiary/aromatic N) is 1. The summed E-state index contributed by atoms with van der Waals surface area (Å²) in [6.45, 7) is 2.30. The lowest BCUT2D eigenvalue weighted by Crippen LogP contribution is -2.26. The maximum Gasteiger partial charge on any atom is 0.245 e. The van der Waals surface area contributed by atoms with Crippen LogP contribution in [0, 0.1) is 0 Å². The van der Waals surface area contributed by atoms with Gasteiger partial charge in [0.2, 0.25) is 5.91 Å². The van der Waals surface area contributed by atoms with Crippen LogP contribution in [0.4, 0.5) is 0 Å². The number of rotatable bonds is 6. The van der Waals surface area contributed by atoms with Crippen LogP contribution in [0.5, 0.6) is 0 Å². The summed E-state index contributed by atoms with van der Waals surface area (Å²) in [7, 11) is 0. The molecule has 0 radical (unpaired) electrons. The molecule has 0 rings (SSSR count). The summed E-state index contributed by atoms with van der Waals surface area (Å²) >= 11 is 0. The third kappa shape index (κ3) is 5.21. The molecule has 5 nitrogen and oxygen atoms in total. The smallest absolute Gasteiger partial charge is 0.245 e. The fraction of sp³-hybridized carbons (Fsp3) is 0.625. The number of aliphatic hydroxyl groups is 2. The van der Waals surface area contributed by atoms with Gasteiger partial charge in [-0.25, -0.2) is 0 Å². The van der Waals surface area contributed by atoms with Crippen LogP contribution in [0.25, 0.3) is 0 Å². The number of nitrogens with two attached hydrogens (primary N) is 1. The minimum Gasteiger partial charge on any atom is -0.395 e. The van der Waals surface area contributed by atoms with Crippen molar-refractivity contribution in [3.8, 4) is 0 Å². The first-order chi connectivity index (χ1) is 6.11. The van der Waals surface area contributed by atoms with Gasteiger partial charge in [0.25, 0.3) is 0 Å².